The van der Waals surface area contributed by atoms with Gasteiger partial charge in [-0.25, -0.2) is 0 Å². The molecule has 0 bridgehead atoms. The molecular formula is C16H20BrNOS. The molecule has 108 valence electrons. The maximum atomic E-state index is 5.56. The fourth-order valence-electron chi connectivity index (χ4n) is 2.24. The standard InChI is InChI=1S/C16H20BrNOS/c1-4-8-18-15(16-11(2)7-9-20-16)13-6-5-12(17)10-14(13)19-3/h5-7,9-10,15,18H,4,8H2,1-3H3. The molecule has 0 aliphatic heterocycles. The van der Waals surface area contributed by atoms with Gasteiger partial charge in [-0.15, -0.1) is 11.3 Å². The maximum absolute atomic E-state index is 5.56. The third kappa shape index (κ3) is 3.43. The van der Waals surface area contributed by atoms with E-state index < -0.39 is 0 Å². The van der Waals surface area contributed by atoms with Gasteiger partial charge in [-0.2, -0.15) is 0 Å². The van der Waals surface area contributed by atoms with Crippen LogP contribution in [0.3, 0.4) is 0 Å². The molecule has 0 radical (unpaired) electrons. The van der Waals surface area contributed by atoms with Crippen molar-refractivity contribution in [2.75, 3.05) is 13.7 Å². The van der Waals surface area contributed by atoms with Gasteiger partial charge in [0.15, 0.2) is 0 Å². The summed E-state index contributed by atoms with van der Waals surface area (Å²) < 4.78 is 6.60. The fourth-order valence-corrected chi connectivity index (χ4v) is 3.60. The van der Waals surface area contributed by atoms with Crippen molar-refractivity contribution in [3.63, 3.8) is 0 Å². The largest absolute Gasteiger partial charge is 0.496 e. The summed E-state index contributed by atoms with van der Waals surface area (Å²) in [4.78, 5) is 1.36. The van der Waals surface area contributed by atoms with Crippen molar-refractivity contribution in [1.29, 1.82) is 0 Å². The Balaban J connectivity index is 2.43. The first-order chi connectivity index (χ1) is 9.67. The second-order valence-electron chi connectivity index (χ2n) is 4.74. The topological polar surface area (TPSA) is 21.3 Å². The van der Waals surface area contributed by atoms with Gasteiger partial charge in [0.2, 0.25) is 0 Å². The molecule has 1 aromatic heterocycles. The van der Waals surface area contributed by atoms with Crippen LogP contribution in [0.25, 0.3) is 0 Å². The summed E-state index contributed by atoms with van der Waals surface area (Å²) in [5, 5.41) is 5.79. The van der Waals surface area contributed by atoms with Gasteiger partial charge in [0.25, 0.3) is 0 Å². The number of halogens is 1. The van der Waals surface area contributed by atoms with Crippen LogP contribution in [0.2, 0.25) is 0 Å². The van der Waals surface area contributed by atoms with Gasteiger partial charge in [0.05, 0.1) is 13.2 Å². The van der Waals surface area contributed by atoms with E-state index in [1.165, 1.54) is 16.0 Å². The van der Waals surface area contributed by atoms with Crippen LogP contribution in [-0.4, -0.2) is 13.7 Å². The summed E-state index contributed by atoms with van der Waals surface area (Å²) in [5.74, 6) is 0.917. The van der Waals surface area contributed by atoms with E-state index in [4.69, 9.17) is 4.74 Å². The lowest BCUT2D eigenvalue weighted by molar-refractivity contribution is 0.404. The molecular weight excluding hydrogens is 334 g/mol. The fraction of sp³-hybridized carbons (Fsp3) is 0.375. The first-order valence-corrected chi connectivity index (χ1v) is 8.45. The average molecular weight is 354 g/mol. The predicted molar refractivity (Wildman–Crippen MR) is 89.9 cm³/mol. The number of hydrogen-bond donors (Lipinski definition) is 1. The van der Waals surface area contributed by atoms with E-state index in [1.54, 1.807) is 18.4 Å². The second kappa shape index (κ2) is 7.25. The molecule has 1 N–H and O–H groups in total. The molecule has 0 fully saturated rings. The van der Waals surface area contributed by atoms with Crippen LogP contribution in [0.4, 0.5) is 0 Å². The van der Waals surface area contributed by atoms with E-state index in [-0.39, 0.29) is 6.04 Å². The van der Waals surface area contributed by atoms with Gasteiger partial charge in [0.1, 0.15) is 5.75 Å². The Bertz CT molecular complexity index is 567. The molecule has 0 saturated carbocycles. The average Bonchev–Trinajstić information content (AvgIpc) is 2.86. The molecule has 0 aliphatic carbocycles. The van der Waals surface area contributed by atoms with Crippen LogP contribution in [0.1, 0.15) is 35.4 Å². The number of rotatable bonds is 6. The van der Waals surface area contributed by atoms with Crippen LogP contribution in [0.5, 0.6) is 5.75 Å². The number of ether oxygens (including phenoxy) is 1. The molecule has 1 unspecified atom stereocenters. The minimum atomic E-state index is 0.193. The lowest BCUT2D eigenvalue weighted by atomic mass is 10.0. The molecule has 1 heterocycles. The van der Waals surface area contributed by atoms with Crippen LogP contribution in [0, 0.1) is 6.92 Å². The lowest BCUT2D eigenvalue weighted by Crippen LogP contribution is -2.23. The lowest BCUT2D eigenvalue weighted by Gasteiger charge is -2.21. The van der Waals surface area contributed by atoms with E-state index in [2.05, 4.69) is 58.7 Å². The number of thiophene rings is 1. The monoisotopic (exact) mass is 353 g/mol. The van der Waals surface area contributed by atoms with Crippen LogP contribution in [-0.2, 0) is 0 Å². The normalized spacial score (nSPS) is 12.4. The summed E-state index contributed by atoms with van der Waals surface area (Å²) in [7, 11) is 1.73. The summed E-state index contributed by atoms with van der Waals surface area (Å²) >= 11 is 5.30. The highest BCUT2D eigenvalue weighted by Gasteiger charge is 2.20. The third-order valence-corrected chi connectivity index (χ3v) is 4.85. The highest BCUT2D eigenvalue weighted by molar-refractivity contribution is 9.10. The van der Waals surface area contributed by atoms with Crippen molar-refractivity contribution in [3.05, 3.63) is 50.1 Å². The maximum Gasteiger partial charge on any atom is 0.125 e. The Morgan fingerprint density at radius 2 is 2.15 bits per heavy atom. The van der Waals surface area contributed by atoms with Crippen LogP contribution in [0.15, 0.2) is 34.1 Å². The molecule has 2 nitrogen and oxygen atoms in total. The van der Waals surface area contributed by atoms with Crippen molar-refractivity contribution in [1.82, 2.24) is 5.32 Å². The second-order valence-corrected chi connectivity index (χ2v) is 6.60. The minimum absolute atomic E-state index is 0.193. The van der Waals surface area contributed by atoms with E-state index in [0.29, 0.717) is 0 Å². The Morgan fingerprint density at radius 3 is 2.75 bits per heavy atom. The minimum Gasteiger partial charge on any atom is -0.496 e. The molecule has 20 heavy (non-hydrogen) atoms. The zero-order valence-corrected chi connectivity index (χ0v) is 14.5. The molecule has 2 aromatic rings. The van der Waals surface area contributed by atoms with Crippen molar-refractivity contribution >= 4 is 27.3 Å². The summed E-state index contributed by atoms with van der Waals surface area (Å²) in [6, 6.07) is 8.60. The Morgan fingerprint density at radius 1 is 1.35 bits per heavy atom. The Labute approximate surface area is 133 Å². The van der Waals surface area contributed by atoms with Crippen LogP contribution >= 0.6 is 27.3 Å². The van der Waals surface area contributed by atoms with Crippen molar-refractivity contribution in [2.24, 2.45) is 0 Å². The van der Waals surface area contributed by atoms with Gasteiger partial charge in [0, 0.05) is 14.9 Å². The molecule has 4 heteroatoms. The van der Waals surface area contributed by atoms with Gasteiger partial charge < -0.3 is 10.1 Å². The highest BCUT2D eigenvalue weighted by atomic mass is 79.9. The molecule has 0 saturated heterocycles. The zero-order valence-electron chi connectivity index (χ0n) is 12.1. The first kappa shape index (κ1) is 15.5. The predicted octanol–water partition coefficient (Wildman–Crippen LogP) is 4.92. The molecule has 0 aliphatic rings. The highest BCUT2D eigenvalue weighted by Crippen LogP contribution is 2.35. The summed E-state index contributed by atoms with van der Waals surface area (Å²) in [5.41, 5.74) is 2.52. The number of aryl methyl sites for hydroxylation is 1. The molecule has 0 amide bonds. The molecule has 2 rings (SSSR count). The summed E-state index contributed by atoms with van der Waals surface area (Å²) in [6.45, 7) is 5.34. The van der Waals surface area contributed by atoms with Gasteiger partial charge >= 0.3 is 0 Å². The van der Waals surface area contributed by atoms with Crippen LogP contribution < -0.4 is 10.1 Å². The number of methoxy groups -OCH3 is 1. The number of hydrogen-bond acceptors (Lipinski definition) is 3. The Hall–Kier alpha value is -0.840. The van der Waals surface area contributed by atoms with Crippen molar-refractivity contribution in [3.8, 4) is 5.75 Å². The summed E-state index contributed by atoms with van der Waals surface area (Å²) in [6.07, 6.45) is 1.11. The molecule has 0 spiro atoms. The first-order valence-electron chi connectivity index (χ1n) is 6.78. The van der Waals surface area contributed by atoms with E-state index in [9.17, 15) is 0 Å². The van der Waals surface area contributed by atoms with Gasteiger partial charge in [-0.05, 0) is 49.0 Å². The van der Waals surface area contributed by atoms with Crippen molar-refractivity contribution in [2.45, 2.75) is 26.3 Å². The van der Waals surface area contributed by atoms with E-state index in [1.807, 2.05) is 6.07 Å². The quantitative estimate of drug-likeness (QED) is 0.795. The smallest absolute Gasteiger partial charge is 0.125 e. The Kier molecular flexibility index (Phi) is 5.64. The number of benzene rings is 1. The molecule has 1 aromatic carbocycles. The van der Waals surface area contributed by atoms with Gasteiger partial charge in [-0.1, -0.05) is 28.9 Å². The van der Waals surface area contributed by atoms with Gasteiger partial charge in [-0.3, -0.25) is 0 Å². The number of nitrogens with one attached hydrogen (secondary N) is 1. The third-order valence-electron chi connectivity index (χ3n) is 3.27. The zero-order chi connectivity index (χ0) is 14.5. The molecule has 1 atom stereocenters. The van der Waals surface area contributed by atoms with E-state index in [0.717, 1.165) is 23.2 Å². The van der Waals surface area contributed by atoms with Crippen molar-refractivity contribution < 1.29 is 4.74 Å². The van der Waals surface area contributed by atoms with E-state index >= 15 is 0 Å². The SMILES string of the molecule is CCCNC(c1ccc(Br)cc1OC)c1sccc1C.